The molecule has 0 aliphatic carbocycles. The molecule has 11 heteroatoms. The van der Waals surface area contributed by atoms with Gasteiger partial charge in [-0.15, -0.1) is 11.3 Å². The number of nitrogens with zero attached hydrogens (tertiary/aromatic N) is 3. The first-order valence-corrected chi connectivity index (χ1v) is 15.0. The molecule has 3 unspecified atom stereocenters. The van der Waals surface area contributed by atoms with Gasteiger partial charge in [0.2, 0.25) is 5.78 Å². The second kappa shape index (κ2) is 13.7. The van der Waals surface area contributed by atoms with Crippen LogP contribution in [0.1, 0.15) is 69.1 Å². The van der Waals surface area contributed by atoms with Crippen molar-refractivity contribution in [1.82, 2.24) is 25.5 Å². The Balaban J connectivity index is 1.37. The van der Waals surface area contributed by atoms with Crippen LogP contribution in [0, 0.1) is 5.41 Å². The number of unbranched alkanes of at least 4 members (excludes halogenated alkanes) is 1. The van der Waals surface area contributed by atoms with Crippen molar-refractivity contribution in [2.24, 2.45) is 5.41 Å². The number of rotatable bonds is 11. The summed E-state index contributed by atoms with van der Waals surface area (Å²) in [6.45, 7) is 8.14. The third-order valence-electron chi connectivity index (χ3n) is 7.37. The summed E-state index contributed by atoms with van der Waals surface area (Å²) in [6.07, 6.45) is 3.67. The number of Topliss-reactive ketones (excluding diaryl/α,β-unsaturated/α-hetero) is 1. The van der Waals surface area contributed by atoms with Gasteiger partial charge < -0.3 is 20.3 Å². The highest BCUT2D eigenvalue weighted by atomic mass is 32.1. The minimum atomic E-state index is -1.02. The normalized spacial score (nSPS) is 17.2. The van der Waals surface area contributed by atoms with Gasteiger partial charge in [0.25, 0.3) is 11.8 Å². The Bertz CT molecular complexity index is 1390. The van der Waals surface area contributed by atoms with E-state index in [1.807, 2.05) is 63.2 Å². The number of benzene rings is 1. The number of alkyl carbamates (subject to hydrolysis) is 1. The second-order valence-corrected chi connectivity index (χ2v) is 12.0. The van der Waals surface area contributed by atoms with Crippen molar-refractivity contribution in [3.8, 4) is 10.6 Å². The lowest BCUT2D eigenvalue weighted by Gasteiger charge is -2.26. The van der Waals surface area contributed by atoms with Gasteiger partial charge in [-0.2, -0.15) is 0 Å². The predicted molar refractivity (Wildman–Crippen MR) is 160 cm³/mol. The molecule has 2 N–H and O–H groups in total. The molecule has 1 aliphatic rings. The number of ether oxygens (including phenoxy) is 1. The summed E-state index contributed by atoms with van der Waals surface area (Å²) >= 11 is 1.38. The molecule has 1 fully saturated rings. The molecule has 0 saturated carbocycles. The standard InChI is InChI=1S/C31H37N5O5S/c1-5-6-12-23(26(37)27(38)33-20(2)21-10-8-7-9-11-21)35-30(40)41-25-17-36(19-31(25,3)4)29(39)24-18-42-28(34-24)22-13-15-32-16-14-22/h7-11,13-16,18,20,23,25H,5-6,12,17,19H2,1-4H3,(H,33,38)(H,35,40). The zero-order valence-corrected chi connectivity index (χ0v) is 25.1. The van der Waals surface area contributed by atoms with Crippen LogP contribution in [0.25, 0.3) is 10.6 Å². The Morgan fingerprint density at radius 3 is 2.50 bits per heavy atom. The summed E-state index contributed by atoms with van der Waals surface area (Å²) in [5.41, 5.74) is 1.53. The molecule has 0 radical (unpaired) electrons. The molecule has 1 aliphatic heterocycles. The van der Waals surface area contributed by atoms with Gasteiger partial charge in [-0.3, -0.25) is 19.4 Å². The highest BCUT2D eigenvalue weighted by Crippen LogP contribution is 2.33. The lowest BCUT2D eigenvalue weighted by Crippen LogP contribution is -2.49. The zero-order chi connectivity index (χ0) is 30.3. The predicted octanol–water partition coefficient (Wildman–Crippen LogP) is 4.79. The Kier molecular flexibility index (Phi) is 10.1. The number of carbonyl (C=O) groups excluding carboxylic acids is 4. The highest BCUT2D eigenvalue weighted by Gasteiger charge is 2.44. The fraction of sp³-hybridized carbons (Fsp3) is 0.419. The van der Waals surface area contributed by atoms with Gasteiger partial charge in [-0.1, -0.05) is 63.9 Å². The topological polar surface area (TPSA) is 131 Å². The second-order valence-electron chi connectivity index (χ2n) is 11.2. The van der Waals surface area contributed by atoms with Gasteiger partial charge in [-0.05, 0) is 31.0 Å². The summed E-state index contributed by atoms with van der Waals surface area (Å²) in [5, 5.41) is 7.78. The zero-order valence-electron chi connectivity index (χ0n) is 24.3. The first-order valence-electron chi connectivity index (χ1n) is 14.1. The number of carbonyl (C=O) groups is 4. The molecule has 3 aromatic rings. The summed E-state index contributed by atoms with van der Waals surface area (Å²) in [5.74, 6) is -1.73. The van der Waals surface area contributed by atoms with Crippen molar-refractivity contribution in [3.05, 3.63) is 71.5 Å². The molecule has 10 nitrogen and oxygen atoms in total. The van der Waals surface area contributed by atoms with Crippen molar-refractivity contribution in [3.63, 3.8) is 0 Å². The molecular weight excluding hydrogens is 554 g/mol. The van der Waals surface area contributed by atoms with Crippen LogP contribution in [0.5, 0.6) is 0 Å². The van der Waals surface area contributed by atoms with Gasteiger partial charge in [0.15, 0.2) is 0 Å². The lowest BCUT2D eigenvalue weighted by molar-refractivity contribution is -0.139. The van der Waals surface area contributed by atoms with E-state index in [1.165, 1.54) is 11.3 Å². The SMILES string of the molecule is CCCCC(NC(=O)OC1CN(C(=O)c2csc(-c3ccncc3)n2)CC1(C)C)C(=O)C(=O)NC(C)c1ccccc1. The van der Waals surface area contributed by atoms with Gasteiger partial charge in [0.05, 0.1) is 12.6 Å². The van der Waals surface area contributed by atoms with Crippen LogP contribution in [0.3, 0.4) is 0 Å². The van der Waals surface area contributed by atoms with Crippen molar-refractivity contribution < 1.29 is 23.9 Å². The lowest BCUT2D eigenvalue weighted by atomic mass is 9.90. The molecule has 1 aromatic carbocycles. The van der Waals surface area contributed by atoms with E-state index in [9.17, 15) is 19.2 Å². The Hall–Kier alpha value is -4.12. The number of ketones is 1. The van der Waals surface area contributed by atoms with E-state index in [4.69, 9.17) is 4.74 Å². The molecule has 1 saturated heterocycles. The molecule has 0 bridgehead atoms. The molecule has 4 rings (SSSR count). The Morgan fingerprint density at radius 2 is 1.81 bits per heavy atom. The molecule has 2 aromatic heterocycles. The number of aromatic nitrogens is 2. The first-order chi connectivity index (χ1) is 20.1. The number of hydrogen-bond donors (Lipinski definition) is 2. The minimum Gasteiger partial charge on any atom is -0.444 e. The molecule has 42 heavy (non-hydrogen) atoms. The average molecular weight is 592 g/mol. The van der Waals surface area contributed by atoms with Crippen LogP contribution in [0.15, 0.2) is 60.2 Å². The fourth-order valence-corrected chi connectivity index (χ4v) is 5.65. The summed E-state index contributed by atoms with van der Waals surface area (Å²) in [4.78, 5) is 62.3. The maximum atomic E-state index is 13.3. The molecule has 3 heterocycles. The van der Waals surface area contributed by atoms with Gasteiger partial charge >= 0.3 is 6.09 Å². The molecular formula is C31H37N5O5S. The van der Waals surface area contributed by atoms with Gasteiger partial charge in [0.1, 0.15) is 22.8 Å². The van der Waals surface area contributed by atoms with Gasteiger partial charge in [0, 0.05) is 35.3 Å². The number of pyridine rings is 1. The van der Waals surface area contributed by atoms with E-state index in [0.29, 0.717) is 25.1 Å². The molecule has 222 valence electrons. The van der Waals surface area contributed by atoms with E-state index < -0.39 is 35.3 Å². The fourth-order valence-electron chi connectivity index (χ4n) is 4.85. The van der Waals surface area contributed by atoms with Crippen molar-refractivity contribution >= 4 is 35.0 Å². The van der Waals surface area contributed by atoms with Crippen molar-refractivity contribution in [1.29, 1.82) is 0 Å². The van der Waals surface area contributed by atoms with Crippen molar-refractivity contribution in [2.75, 3.05) is 13.1 Å². The van der Waals surface area contributed by atoms with Crippen molar-refractivity contribution in [2.45, 2.75) is 65.1 Å². The molecule has 3 amide bonds. The number of nitrogens with one attached hydrogen (secondary N) is 2. The number of likely N-dealkylation sites (tertiary alicyclic amines) is 1. The minimum absolute atomic E-state index is 0.185. The Labute approximate surface area is 249 Å². The first kappa shape index (κ1) is 30.8. The van der Waals surface area contributed by atoms with Crippen LogP contribution < -0.4 is 10.6 Å². The quantitative estimate of drug-likeness (QED) is 0.307. The largest absolute Gasteiger partial charge is 0.444 e. The third kappa shape index (κ3) is 7.58. The maximum absolute atomic E-state index is 13.3. The van der Waals surface area contributed by atoms with E-state index in [-0.39, 0.29) is 18.5 Å². The summed E-state index contributed by atoms with van der Waals surface area (Å²) in [6, 6.07) is 11.6. The molecule has 3 atom stereocenters. The summed E-state index contributed by atoms with van der Waals surface area (Å²) < 4.78 is 5.76. The van der Waals surface area contributed by atoms with Crippen LogP contribution in [0.2, 0.25) is 0 Å². The van der Waals surface area contributed by atoms with E-state index >= 15 is 0 Å². The summed E-state index contributed by atoms with van der Waals surface area (Å²) in [7, 11) is 0. The monoisotopic (exact) mass is 591 g/mol. The van der Waals surface area contributed by atoms with E-state index in [0.717, 1.165) is 22.6 Å². The van der Waals surface area contributed by atoms with Crippen LogP contribution in [-0.2, 0) is 14.3 Å². The molecule has 0 spiro atoms. The number of thiazole rings is 1. The Morgan fingerprint density at radius 1 is 1.10 bits per heavy atom. The van der Waals surface area contributed by atoms with Crippen LogP contribution in [0.4, 0.5) is 4.79 Å². The average Bonchev–Trinajstić information content (AvgIpc) is 3.60. The smallest absolute Gasteiger partial charge is 0.408 e. The maximum Gasteiger partial charge on any atom is 0.408 e. The number of hydrogen-bond acceptors (Lipinski definition) is 8. The van der Waals surface area contributed by atoms with Crippen LogP contribution >= 0.6 is 11.3 Å². The third-order valence-corrected chi connectivity index (χ3v) is 8.26. The van der Waals surface area contributed by atoms with E-state index in [2.05, 4.69) is 20.6 Å². The van der Waals surface area contributed by atoms with Gasteiger partial charge in [-0.25, -0.2) is 9.78 Å². The number of amides is 3. The highest BCUT2D eigenvalue weighted by molar-refractivity contribution is 7.13. The van der Waals surface area contributed by atoms with E-state index in [1.54, 1.807) is 29.6 Å². The van der Waals surface area contributed by atoms with Crippen LogP contribution in [-0.4, -0.2) is 63.8 Å².